The lowest BCUT2D eigenvalue weighted by Crippen LogP contribution is -2.34. The number of H-pyrrole nitrogens is 1. The number of hydrogen-bond acceptors (Lipinski definition) is 3. The van der Waals surface area contributed by atoms with E-state index in [1.165, 1.54) is 10.8 Å². The summed E-state index contributed by atoms with van der Waals surface area (Å²) in [5.74, 6) is 0. The summed E-state index contributed by atoms with van der Waals surface area (Å²) in [5.41, 5.74) is 2.30. The molecule has 0 bridgehead atoms. The Balaban J connectivity index is 2.43. The highest BCUT2D eigenvalue weighted by Crippen LogP contribution is 2.42. The Labute approximate surface area is 123 Å². The third-order valence-electron chi connectivity index (χ3n) is 3.59. The van der Waals surface area contributed by atoms with Gasteiger partial charge in [-0.1, -0.05) is 27.7 Å². The normalized spacial score (nSPS) is 12.2. The average Bonchev–Trinajstić information content (AvgIpc) is 2.91. The van der Waals surface area contributed by atoms with E-state index in [4.69, 9.17) is 0 Å². The van der Waals surface area contributed by atoms with Gasteiger partial charge in [-0.2, -0.15) is 0 Å². The minimum absolute atomic E-state index is 0.459. The van der Waals surface area contributed by atoms with Crippen LogP contribution in [0.4, 0.5) is 0 Å². The van der Waals surface area contributed by atoms with Crippen molar-refractivity contribution in [3.63, 3.8) is 0 Å². The Morgan fingerprint density at radius 1 is 1.05 bits per heavy atom. The zero-order chi connectivity index (χ0) is 14.5. The molecule has 0 saturated heterocycles. The van der Waals surface area contributed by atoms with Crippen molar-refractivity contribution in [1.29, 1.82) is 0 Å². The number of fused-ring (bicyclic) bond motifs is 1. The van der Waals surface area contributed by atoms with Crippen molar-refractivity contribution < 1.29 is 0 Å². The summed E-state index contributed by atoms with van der Waals surface area (Å²) in [4.78, 5) is 7.95. The van der Waals surface area contributed by atoms with Crippen LogP contribution in [0.15, 0.2) is 24.4 Å². The number of nitrogens with zero attached hydrogens (tertiary/aromatic N) is 3. The molecule has 0 aliphatic rings. The van der Waals surface area contributed by atoms with Crippen molar-refractivity contribution in [1.82, 2.24) is 19.3 Å². The molecular weight excluding hydrogens is 267 g/mol. The lowest BCUT2D eigenvalue weighted by molar-refractivity contribution is 0.429. The van der Waals surface area contributed by atoms with Crippen LogP contribution >= 0.6 is 8.22 Å². The zero-order valence-corrected chi connectivity index (χ0v) is 13.8. The third-order valence-corrected chi connectivity index (χ3v) is 6.46. The van der Waals surface area contributed by atoms with Crippen LogP contribution in [0.5, 0.6) is 0 Å². The van der Waals surface area contributed by atoms with Crippen molar-refractivity contribution in [3.8, 4) is 0 Å². The molecule has 0 aliphatic heterocycles. The molecule has 2 heterocycles. The fourth-order valence-electron chi connectivity index (χ4n) is 2.52. The molecule has 0 saturated carbocycles. The van der Waals surface area contributed by atoms with Gasteiger partial charge in [0.2, 0.25) is 0 Å². The molecule has 0 amide bonds. The number of aromatic nitrogens is 2. The molecule has 0 fully saturated rings. The molecule has 2 aromatic heterocycles. The first kappa shape index (κ1) is 15.4. The van der Waals surface area contributed by atoms with Gasteiger partial charge in [-0.3, -0.25) is 9.34 Å². The first-order chi connectivity index (χ1) is 9.74. The van der Waals surface area contributed by atoms with Crippen LogP contribution in [0.2, 0.25) is 0 Å². The second-order valence-corrected chi connectivity index (χ2v) is 6.86. The Kier molecular flexibility index (Phi) is 5.53. The Hall–Kier alpha value is -0.960. The minimum Gasteiger partial charge on any atom is -0.337 e. The van der Waals surface area contributed by atoms with E-state index in [1.807, 2.05) is 12.3 Å². The smallest absolute Gasteiger partial charge is 0.137 e. The number of aromatic amines is 1. The fraction of sp³-hybridized carbons (Fsp3) is 0.533. The first-order valence-corrected chi connectivity index (χ1v) is 8.73. The third kappa shape index (κ3) is 3.03. The van der Waals surface area contributed by atoms with E-state index in [0.717, 1.165) is 31.8 Å². The van der Waals surface area contributed by atoms with E-state index in [9.17, 15) is 0 Å². The van der Waals surface area contributed by atoms with Gasteiger partial charge in [0.05, 0.1) is 13.7 Å². The summed E-state index contributed by atoms with van der Waals surface area (Å²) in [5, 5.41) is 1.20. The molecular formula is C15H25N4P. The highest BCUT2D eigenvalue weighted by atomic mass is 31.1. The zero-order valence-electron chi connectivity index (χ0n) is 12.9. The lowest BCUT2D eigenvalue weighted by Gasteiger charge is -2.36. The van der Waals surface area contributed by atoms with Crippen LogP contribution in [0.1, 0.15) is 27.7 Å². The SMILES string of the molecule is CCN(CC)P(c1cc2cccnc2[nH]1)N(CC)CC. The molecule has 110 valence electrons. The minimum atomic E-state index is -0.459. The summed E-state index contributed by atoms with van der Waals surface area (Å²) >= 11 is 0. The van der Waals surface area contributed by atoms with E-state index in [1.54, 1.807) is 0 Å². The van der Waals surface area contributed by atoms with Crippen LogP contribution in [-0.4, -0.2) is 45.5 Å². The standard InChI is InChI=1S/C15H25N4P/c1-5-18(6-2)20(19(7-3)8-4)14-12-13-10-9-11-16-15(13)17-14/h9-12H,5-8H2,1-4H3,(H,16,17). The molecule has 0 atom stereocenters. The molecule has 2 aromatic rings. The van der Waals surface area contributed by atoms with Crippen molar-refractivity contribution in [2.45, 2.75) is 27.7 Å². The highest BCUT2D eigenvalue weighted by molar-refractivity contribution is 7.60. The average molecular weight is 292 g/mol. The van der Waals surface area contributed by atoms with Gasteiger partial charge in [-0.25, -0.2) is 4.98 Å². The maximum Gasteiger partial charge on any atom is 0.137 e. The van der Waals surface area contributed by atoms with Crippen molar-refractivity contribution in [3.05, 3.63) is 24.4 Å². The molecule has 5 heteroatoms. The Bertz CT molecular complexity index is 486. The van der Waals surface area contributed by atoms with Gasteiger partial charge in [-0.05, 0) is 18.2 Å². The lowest BCUT2D eigenvalue weighted by atomic mass is 10.3. The van der Waals surface area contributed by atoms with Gasteiger partial charge in [0, 0.05) is 37.8 Å². The number of hydrogen-bond donors (Lipinski definition) is 1. The molecule has 4 nitrogen and oxygen atoms in total. The van der Waals surface area contributed by atoms with Crippen molar-refractivity contribution in [2.24, 2.45) is 0 Å². The van der Waals surface area contributed by atoms with Crippen molar-refractivity contribution >= 4 is 24.7 Å². The summed E-state index contributed by atoms with van der Waals surface area (Å²) in [6.45, 7) is 13.2. The van der Waals surface area contributed by atoms with Gasteiger partial charge < -0.3 is 4.98 Å². The monoisotopic (exact) mass is 292 g/mol. The quantitative estimate of drug-likeness (QED) is 0.796. The molecule has 1 N–H and O–H groups in total. The molecule has 20 heavy (non-hydrogen) atoms. The molecule has 0 radical (unpaired) electrons. The van der Waals surface area contributed by atoms with Gasteiger partial charge in [0.15, 0.2) is 0 Å². The predicted molar refractivity (Wildman–Crippen MR) is 88.5 cm³/mol. The maximum atomic E-state index is 4.42. The molecule has 2 rings (SSSR count). The van der Waals surface area contributed by atoms with Crippen LogP contribution in [-0.2, 0) is 0 Å². The van der Waals surface area contributed by atoms with Gasteiger partial charge in [0.1, 0.15) is 5.65 Å². The summed E-state index contributed by atoms with van der Waals surface area (Å²) in [6.07, 6.45) is 1.85. The van der Waals surface area contributed by atoms with Gasteiger partial charge >= 0.3 is 0 Å². The van der Waals surface area contributed by atoms with Crippen LogP contribution in [0, 0.1) is 0 Å². The van der Waals surface area contributed by atoms with E-state index in [2.05, 4.69) is 59.1 Å². The van der Waals surface area contributed by atoms with E-state index >= 15 is 0 Å². The van der Waals surface area contributed by atoms with Gasteiger partial charge in [-0.15, -0.1) is 0 Å². The topological polar surface area (TPSA) is 35.2 Å². The number of nitrogens with one attached hydrogen (secondary N) is 1. The van der Waals surface area contributed by atoms with Crippen molar-refractivity contribution in [2.75, 3.05) is 26.2 Å². The summed E-state index contributed by atoms with van der Waals surface area (Å²) < 4.78 is 5.10. The van der Waals surface area contributed by atoms with Gasteiger partial charge in [0.25, 0.3) is 0 Å². The van der Waals surface area contributed by atoms with Crippen LogP contribution < -0.4 is 5.44 Å². The number of rotatable bonds is 7. The molecule has 0 unspecified atom stereocenters. The molecule has 0 spiro atoms. The summed E-state index contributed by atoms with van der Waals surface area (Å²) in [6, 6.07) is 6.39. The van der Waals surface area contributed by atoms with E-state index < -0.39 is 8.22 Å². The van der Waals surface area contributed by atoms with E-state index in [0.29, 0.717) is 0 Å². The van der Waals surface area contributed by atoms with Crippen LogP contribution in [0.3, 0.4) is 0 Å². The largest absolute Gasteiger partial charge is 0.337 e. The summed E-state index contributed by atoms with van der Waals surface area (Å²) in [7, 11) is -0.459. The first-order valence-electron chi connectivity index (χ1n) is 7.48. The van der Waals surface area contributed by atoms with E-state index in [-0.39, 0.29) is 0 Å². The molecule has 0 aromatic carbocycles. The maximum absolute atomic E-state index is 4.42. The Morgan fingerprint density at radius 2 is 1.65 bits per heavy atom. The highest BCUT2D eigenvalue weighted by Gasteiger charge is 2.25. The Morgan fingerprint density at radius 3 is 2.15 bits per heavy atom. The molecule has 0 aliphatic carbocycles. The fourth-order valence-corrected chi connectivity index (χ4v) is 5.02. The van der Waals surface area contributed by atoms with Crippen LogP contribution in [0.25, 0.3) is 11.0 Å². The second-order valence-electron chi connectivity index (χ2n) is 4.66. The predicted octanol–water partition coefficient (Wildman–Crippen LogP) is 3.18. The second kappa shape index (κ2) is 7.16. The number of pyridine rings is 1.